The van der Waals surface area contributed by atoms with E-state index in [2.05, 4.69) is 33.9 Å². The number of hydrogen-bond acceptors (Lipinski definition) is 9. The second-order valence-corrected chi connectivity index (χ2v) is 8.37. The molecule has 1 N–H and O–H groups in total. The molecule has 0 aliphatic carbocycles. The number of allylic oxidation sites excluding steroid dienone is 6. The number of aliphatic hydroxyl groups is 1. The molecular formula is C35H60O9. The van der Waals surface area contributed by atoms with E-state index in [1.54, 1.807) is 26.8 Å². The van der Waals surface area contributed by atoms with Gasteiger partial charge in [0.2, 0.25) is 0 Å². The van der Waals surface area contributed by atoms with Crippen molar-refractivity contribution in [2.24, 2.45) is 0 Å². The number of carbonyl (C=O) groups is 3. The molecule has 0 spiro atoms. The topological polar surface area (TPSA) is 118 Å². The standard InChI is InChI=1S/C11H18O3.C11H18O2.C8H14O.C5H10O3/c1-3-5-6-7-8-9-10-14-11(12)13-4-2;1-3-5-6-7-8-9-10-11(12)13-4-2;1-2-3-4-5-6-7-8-9;1-3-7-5(6)8-4-2/h3,8-9H,1,4-7,10H2,2H3;3,8-9H,1,4-7,10H2,2H3;2,6-7,9H,1,3-5,8H2;3-4H2,1-2H3/b2*9-8+;7-6+;. The van der Waals surface area contributed by atoms with Gasteiger partial charge in [-0.05, 0) is 85.5 Å². The smallest absolute Gasteiger partial charge is 0.466 e. The zero-order valence-electron chi connectivity index (χ0n) is 27.8. The Morgan fingerprint density at radius 3 is 1.30 bits per heavy atom. The number of ether oxygens (including phenoxy) is 5. The summed E-state index contributed by atoms with van der Waals surface area (Å²) in [5, 5.41) is 8.32. The number of hydrogen-bond donors (Lipinski definition) is 1. The van der Waals surface area contributed by atoms with Gasteiger partial charge < -0.3 is 28.8 Å². The van der Waals surface area contributed by atoms with Crippen LogP contribution in [0.3, 0.4) is 0 Å². The fourth-order valence-electron chi connectivity index (χ4n) is 2.59. The molecule has 0 aromatic heterocycles. The number of unbranched alkanes of at least 4 members (excludes halogenated alkanes) is 6. The molecule has 0 aliphatic rings. The van der Waals surface area contributed by atoms with Crippen LogP contribution in [-0.4, -0.2) is 63.0 Å². The Morgan fingerprint density at radius 1 is 0.523 bits per heavy atom. The minimum atomic E-state index is -0.608. The molecule has 0 aromatic carbocycles. The van der Waals surface area contributed by atoms with Crippen molar-refractivity contribution in [1.82, 2.24) is 0 Å². The zero-order chi connectivity index (χ0) is 33.9. The maximum Gasteiger partial charge on any atom is 0.508 e. The second-order valence-electron chi connectivity index (χ2n) is 8.37. The lowest BCUT2D eigenvalue weighted by atomic mass is 10.2. The number of aliphatic hydroxyl groups excluding tert-OH is 1. The highest BCUT2D eigenvalue weighted by Crippen LogP contribution is 1.99. The first-order chi connectivity index (χ1) is 21.3. The minimum absolute atomic E-state index is 0.150. The molecule has 0 rings (SSSR count). The summed E-state index contributed by atoms with van der Waals surface area (Å²) < 4.78 is 22.9. The molecule has 0 heterocycles. The Balaban J connectivity index is -0.000000249. The van der Waals surface area contributed by atoms with Crippen molar-refractivity contribution in [3.63, 3.8) is 0 Å². The predicted molar refractivity (Wildman–Crippen MR) is 180 cm³/mol. The van der Waals surface area contributed by atoms with Gasteiger partial charge in [-0.3, -0.25) is 4.79 Å². The van der Waals surface area contributed by atoms with E-state index in [1.165, 1.54) is 0 Å². The van der Waals surface area contributed by atoms with Crippen molar-refractivity contribution >= 4 is 18.3 Å². The van der Waals surface area contributed by atoms with Crippen LogP contribution in [0, 0.1) is 0 Å². The van der Waals surface area contributed by atoms with E-state index in [-0.39, 0.29) is 19.2 Å². The Kier molecular flexibility index (Phi) is 49.9. The normalized spacial score (nSPS) is 9.84. The van der Waals surface area contributed by atoms with Gasteiger partial charge in [-0.25, -0.2) is 9.59 Å². The lowest BCUT2D eigenvalue weighted by molar-refractivity contribution is -0.142. The van der Waals surface area contributed by atoms with Crippen molar-refractivity contribution in [2.75, 3.05) is 39.6 Å². The van der Waals surface area contributed by atoms with E-state index in [4.69, 9.17) is 14.6 Å². The van der Waals surface area contributed by atoms with Gasteiger partial charge in [0.15, 0.2) is 0 Å². The van der Waals surface area contributed by atoms with Crippen LogP contribution in [0.2, 0.25) is 0 Å². The van der Waals surface area contributed by atoms with Gasteiger partial charge in [0.25, 0.3) is 0 Å². The maximum atomic E-state index is 10.8. The summed E-state index contributed by atoms with van der Waals surface area (Å²) in [4.78, 5) is 31.7. The molecule has 0 aliphatic heterocycles. The maximum absolute atomic E-state index is 10.8. The Morgan fingerprint density at radius 2 is 0.909 bits per heavy atom. The number of rotatable bonds is 21. The average molecular weight is 625 g/mol. The van der Waals surface area contributed by atoms with Crippen LogP contribution in [-0.2, 0) is 28.5 Å². The summed E-state index contributed by atoms with van der Waals surface area (Å²) >= 11 is 0. The highest BCUT2D eigenvalue weighted by molar-refractivity contribution is 5.71. The molecule has 0 radical (unpaired) electrons. The van der Waals surface area contributed by atoms with Crippen molar-refractivity contribution in [3.8, 4) is 0 Å². The predicted octanol–water partition coefficient (Wildman–Crippen LogP) is 8.99. The molecule has 0 saturated carbocycles. The molecule has 0 amide bonds. The van der Waals surface area contributed by atoms with E-state index in [0.29, 0.717) is 32.8 Å². The van der Waals surface area contributed by atoms with Gasteiger partial charge in [0.1, 0.15) is 6.61 Å². The fraction of sp³-hybridized carbons (Fsp3) is 0.571. The minimum Gasteiger partial charge on any atom is -0.466 e. The van der Waals surface area contributed by atoms with Crippen LogP contribution < -0.4 is 0 Å². The van der Waals surface area contributed by atoms with Gasteiger partial charge in [-0.2, -0.15) is 0 Å². The summed E-state index contributed by atoms with van der Waals surface area (Å²) in [6.07, 6.45) is 25.8. The molecule has 0 atom stereocenters. The molecule has 254 valence electrons. The summed E-state index contributed by atoms with van der Waals surface area (Å²) in [6, 6.07) is 0. The van der Waals surface area contributed by atoms with Gasteiger partial charge in [-0.1, -0.05) is 54.7 Å². The molecule has 0 bridgehead atoms. The third-order valence-corrected chi connectivity index (χ3v) is 4.62. The third kappa shape index (κ3) is 54.5. The van der Waals surface area contributed by atoms with Crippen LogP contribution in [0.1, 0.15) is 91.9 Å². The van der Waals surface area contributed by atoms with Crippen LogP contribution >= 0.6 is 0 Å². The van der Waals surface area contributed by atoms with E-state index >= 15 is 0 Å². The lowest BCUT2D eigenvalue weighted by Crippen LogP contribution is -2.06. The molecule has 0 fully saturated rings. The van der Waals surface area contributed by atoms with Gasteiger partial charge in [0, 0.05) is 0 Å². The Hall–Kier alpha value is -3.59. The number of carbonyl (C=O) groups excluding carboxylic acids is 3. The molecule has 9 heteroatoms. The largest absolute Gasteiger partial charge is 0.508 e. The van der Waals surface area contributed by atoms with E-state index in [9.17, 15) is 14.4 Å². The molecular weight excluding hydrogens is 564 g/mol. The molecule has 0 saturated heterocycles. The molecule has 0 aromatic rings. The third-order valence-electron chi connectivity index (χ3n) is 4.62. The summed E-state index contributed by atoms with van der Waals surface area (Å²) in [5.41, 5.74) is 0. The first-order valence-corrected chi connectivity index (χ1v) is 15.5. The van der Waals surface area contributed by atoms with Gasteiger partial charge in [-0.15, -0.1) is 19.7 Å². The number of esters is 1. The van der Waals surface area contributed by atoms with E-state index in [1.807, 2.05) is 55.5 Å². The van der Waals surface area contributed by atoms with Crippen LogP contribution in [0.25, 0.3) is 0 Å². The highest BCUT2D eigenvalue weighted by atomic mass is 16.7. The molecule has 44 heavy (non-hydrogen) atoms. The summed E-state index contributed by atoms with van der Waals surface area (Å²) in [7, 11) is 0. The van der Waals surface area contributed by atoms with Crippen LogP contribution in [0.4, 0.5) is 9.59 Å². The van der Waals surface area contributed by atoms with Gasteiger partial charge in [0.05, 0.1) is 39.5 Å². The zero-order valence-corrected chi connectivity index (χ0v) is 27.8. The molecule has 9 nitrogen and oxygen atoms in total. The monoisotopic (exact) mass is 624 g/mol. The fourth-order valence-corrected chi connectivity index (χ4v) is 2.59. The Labute approximate surface area is 267 Å². The van der Waals surface area contributed by atoms with Crippen molar-refractivity contribution in [1.29, 1.82) is 0 Å². The quantitative estimate of drug-likeness (QED) is 0.0577. The van der Waals surface area contributed by atoms with Gasteiger partial charge >= 0.3 is 18.3 Å². The SMILES string of the molecule is C=CCCC/C=C/CC(=O)OCC.C=CCCC/C=C/CO.C=CCCC/C=C/COC(=O)OCC.CCOC(=O)OCC. The van der Waals surface area contributed by atoms with Crippen LogP contribution in [0.15, 0.2) is 74.4 Å². The molecule has 0 unspecified atom stereocenters. The summed E-state index contributed by atoms with van der Waals surface area (Å²) in [6.45, 7) is 19.9. The second kappa shape index (κ2) is 46.4. The Bertz CT molecular complexity index is 747. The van der Waals surface area contributed by atoms with E-state index < -0.39 is 12.3 Å². The van der Waals surface area contributed by atoms with Crippen molar-refractivity contribution < 1.29 is 43.2 Å². The highest BCUT2D eigenvalue weighted by Gasteiger charge is 1.98. The average Bonchev–Trinajstić information content (AvgIpc) is 3.00. The summed E-state index contributed by atoms with van der Waals surface area (Å²) in [5.74, 6) is -0.150. The van der Waals surface area contributed by atoms with Crippen LogP contribution in [0.5, 0.6) is 0 Å². The van der Waals surface area contributed by atoms with Crippen molar-refractivity contribution in [3.05, 3.63) is 74.4 Å². The van der Waals surface area contributed by atoms with Crippen molar-refractivity contribution in [2.45, 2.75) is 91.9 Å². The lowest BCUT2D eigenvalue weighted by Gasteiger charge is -2.00. The van der Waals surface area contributed by atoms with E-state index in [0.717, 1.165) is 57.8 Å². The first-order valence-electron chi connectivity index (χ1n) is 15.5. The first kappa shape index (κ1) is 47.3.